The second kappa shape index (κ2) is 8.43. The van der Waals surface area contributed by atoms with Crippen LogP contribution < -0.4 is 0 Å². The number of hydrogen-bond donors (Lipinski definition) is 2. The van der Waals surface area contributed by atoms with E-state index in [1.165, 1.54) is 12.1 Å². The molecule has 0 spiro atoms. The third kappa shape index (κ3) is 5.20. The van der Waals surface area contributed by atoms with E-state index in [0.717, 1.165) is 5.56 Å². The average molecular weight is 212 g/mol. The maximum Gasteiger partial charge on any atom is 0.339 e. The van der Waals surface area contributed by atoms with Crippen molar-refractivity contribution >= 4 is 19.5 Å². The number of carbonyl (C=O) groups excluding carboxylic acids is 2. The number of carboxylic acids is 1. The van der Waals surface area contributed by atoms with Gasteiger partial charge in [0.05, 0.1) is 0 Å². The highest BCUT2D eigenvalue weighted by Crippen LogP contribution is 2.17. The van der Waals surface area contributed by atoms with Gasteiger partial charge in [-0.25, -0.2) is 4.79 Å². The van der Waals surface area contributed by atoms with E-state index in [1.54, 1.807) is 13.0 Å². The van der Waals surface area contributed by atoms with E-state index in [4.69, 9.17) is 19.8 Å². The highest BCUT2D eigenvalue weighted by Gasteiger charge is 2.07. The molecule has 0 aliphatic rings. The molecule has 5 nitrogen and oxygen atoms in total. The predicted molar refractivity (Wildman–Crippen MR) is 54.0 cm³/mol. The Bertz CT molecular complexity index is 320. The van der Waals surface area contributed by atoms with Crippen molar-refractivity contribution in [2.45, 2.75) is 6.92 Å². The van der Waals surface area contributed by atoms with Crippen LogP contribution in [0.15, 0.2) is 18.2 Å². The maximum absolute atomic E-state index is 10.4. The summed E-state index contributed by atoms with van der Waals surface area (Å²) in [6.45, 7) is 5.77. The Morgan fingerprint density at radius 1 is 1.20 bits per heavy atom. The summed E-state index contributed by atoms with van der Waals surface area (Å²) in [6.07, 6.45) is 0. The number of aryl methyl sites for hydroxylation is 1. The number of carboxylic acid groups (broad SMARTS) is 1. The van der Waals surface area contributed by atoms with E-state index >= 15 is 0 Å². The molecule has 0 aliphatic carbocycles. The highest BCUT2D eigenvalue weighted by molar-refractivity contribution is 5.90. The molecular weight excluding hydrogens is 200 g/mol. The van der Waals surface area contributed by atoms with Crippen molar-refractivity contribution in [3.8, 4) is 5.75 Å². The number of carbonyl (C=O) groups is 3. The van der Waals surface area contributed by atoms with Crippen LogP contribution in [-0.2, 0) is 9.59 Å². The van der Waals surface area contributed by atoms with Crippen LogP contribution in [0.25, 0.3) is 0 Å². The largest absolute Gasteiger partial charge is 0.507 e. The summed E-state index contributed by atoms with van der Waals surface area (Å²) in [4.78, 5) is 26.4. The van der Waals surface area contributed by atoms with Gasteiger partial charge in [-0.3, -0.25) is 0 Å². The molecule has 0 radical (unpaired) electrons. The van der Waals surface area contributed by atoms with Crippen LogP contribution in [0, 0.1) is 6.92 Å². The molecule has 1 aromatic rings. The minimum absolute atomic E-state index is 0.0509. The van der Waals surface area contributed by atoms with E-state index in [0.29, 0.717) is 0 Å². The first kappa shape index (κ1) is 15.3. The number of phenols is 1. The molecule has 15 heavy (non-hydrogen) atoms. The zero-order valence-electron chi connectivity index (χ0n) is 8.27. The number of hydrogen-bond acceptors (Lipinski definition) is 4. The highest BCUT2D eigenvalue weighted by atomic mass is 16.4. The van der Waals surface area contributed by atoms with Gasteiger partial charge in [-0.05, 0) is 19.1 Å². The molecule has 1 aromatic carbocycles. The summed E-state index contributed by atoms with van der Waals surface area (Å²) in [5.41, 5.74) is 0.769. The molecule has 1 rings (SSSR count). The quantitative estimate of drug-likeness (QED) is 0.725. The van der Waals surface area contributed by atoms with Gasteiger partial charge in [0.2, 0.25) is 0 Å². The van der Waals surface area contributed by atoms with Gasteiger partial charge in [0.1, 0.15) is 24.9 Å². The van der Waals surface area contributed by atoms with Crippen LogP contribution in [0.4, 0.5) is 0 Å². The van der Waals surface area contributed by atoms with Gasteiger partial charge in [-0.2, -0.15) is 0 Å². The maximum atomic E-state index is 10.4. The smallest absolute Gasteiger partial charge is 0.339 e. The van der Waals surface area contributed by atoms with Gasteiger partial charge in [-0.1, -0.05) is 11.6 Å². The summed E-state index contributed by atoms with van der Waals surface area (Å²) in [5, 5.41) is 17.6. The zero-order valence-corrected chi connectivity index (χ0v) is 8.27. The van der Waals surface area contributed by atoms with Crippen LogP contribution in [-0.4, -0.2) is 29.8 Å². The standard InChI is InChI=1S/C8H8O3.2CH2O/c1-5-2-3-7(9)6(4-5)8(10)11;2*1-2/h2-4,9H,1H3,(H,10,11);2*1H2. The van der Waals surface area contributed by atoms with Crippen LogP contribution in [0.3, 0.4) is 0 Å². The lowest BCUT2D eigenvalue weighted by Crippen LogP contribution is -1.96. The molecule has 2 N–H and O–H groups in total. The Hall–Kier alpha value is -2.17. The molecule has 0 bridgehead atoms. The Balaban J connectivity index is 0. The SMILES string of the molecule is C=O.C=O.Cc1ccc(O)c(C(=O)O)c1. The summed E-state index contributed by atoms with van der Waals surface area (Å²) in [6, 6.07) is 4.46. The Morgan fingerprint density at radius 3 is 2.00 bits per heavy atom. The van der Waals surface area contributed by atoms with Crippen LogP contribution in [0.5, 0.6) is 5.75 Å². The Morgan fingerprint density at radius 2 is 1.67 bits per heavy atom. The predicted octanol–water partition coefficient (Wildman–Crippen LogP) is 1.03. The van der Waals surface area contributed by atoms with Gasteiger partial charge in [0.15, 0.2) is 0 Å². The first-order valence-corrected chi connectivity index (χ1v) is 3.72. The van der Waals surface area contributed by atoms with Gasteiger partial charge >= 0.3 is 5.97 Å². The number of rotatable bonds is 1. The fourth-order valence-electron chi connectivity index (χ4n) is 0.821. The van der Waals surface area contributed by atoms with Crippen molar-refractivity contribution in [3.63, 3.8) is 0 Å². The fourth-order valence-corrected chi connectivity index (χ4v) is 0.821. The van der Waals surface area contributed by atoms with Gasteiger partial charge in [0.25, 0.3) is 0 Å². The third-order valence-electron chi connectivity index (χ3n) is 1.38. The molecule has 0 atom stereocenters. The number of benzene rings is 1. The second-order valence-electron chi connectivity index (χ2n) is 2.33. The summed E-state index contributed by atoms with van der Waals surface area (Å²) in [7, 11) is 0. The van der Waals surface area contributed by atoms with Crippen LogP contribution in [0.1, 0.15) is 15.9 Å². The molecule has 0 fully saturated rings. The van der Waals surface area contributed by atoms with Gasteiger partial charge in [0, 0.05) is 0 Å². The molecule has 5 heteroatoms. The Labute approximate surface area is 87.0 Å². The molecule has 0 aromatic heterocycles. The molecule has 82 valence electrons. The van der Waals surface area contributed by atoms with Crippen LogP contribution in [0.2, 0.25) is 0 Å². The lowest BCUT2D eigenvalue weighted by Gasteiger charge is -1.98. The minimum atomic E-state index is -1.11. The monoisotopic (exact) mass is 212 g/mol. The summed E-state index contributed by atoms with van der Waals surface area (Å²) in [5.74, 6) is -1.30. The molecule has 0 aliphatic heterocycles. The number of aromatic carboxylic acids is 1. The minimum Gasteiger partial charge on any atom is -0.507 e. The van der Waals surface area contributed by atoms with Crippen molar-refractivity contribution in [3.05, 3.63) is 29.3 Å². The topological polar surface area (TPSA) is 91.7 Å². The average Bonchev–Trinajstić information content (AvgIpc) is 2.27. The molecule has 0 saturated heterocycles. The molecule has 0 heterocycles. The van der Waals surface area contributed by atoms with E-state index in [9.17, 15) is 4.79 Å². The van der Waals surface area contributed by atoms with E-state index in [-0.39, 0.29) is 11.3 Å². The van der Waals surface area contributed by atoms with Crippen LogP contribution >= 0.6 is 0 Å². The fraction of sp³-hybridized carbons (Fsp3) is 0.100. The second-order valence-corrected chi connectivity index (χ2v) is 2.33. The van der Waals surface area contributed by atoms with Crippen molar-refractivity contribution < 1.29 is 24.6 Å². The third-order valence-corrected chi connectivity index (χ3v) is 1.38. The molecule has 0 amide bonds. The zero-order chi connectivity index (χ0) is 12.4. The summed E-state index contributed by atoms with van der Waals surface area (Å²) >= 11 is 0. The Kier molecular flexibility index (Phi) is 8.60. The normalized spacial score (nSPS) is 7.53. The van der Waals surface area contributed by atoms with Gasteiger partial charge in [-0.15, -0.1) is 0 Å². The summed E-state index contributed by atoms with van der Waals surface area (Å²) < 4.78 is 0. The van der Waals surface area contributed by atoms with Crippen molar-refractivity contribution in [1.82, 2.24) is 0 Å². The van der Waals surface area contributed by atoms with Crippen molar-refractivity contribution in [1.29, 1.82) is 0 Å². The van der Waals surface area contributed by atoms with Crippen molar-refractivity contribution in [2.75, 3.05) is 0 Å². The van der Waals surface area contributed by atoms with Crippen molar-refractivity contribution in [2.24, 2.45) is 0 Å². The lowest BCUT2D eigenvalue weighted by molar-refractivity contribution is -0.0987. The number of aromatic hydroxyl groups is 1. The van der Waals surface area contributed by atoms with E-state index in [2.05, 4.69) is 0 Å². The molecular formula is C10H12O5. The van der Waals surface area contributed by atoms with E-state index < -0.39 is 5.97 Å². The molecule has 0 unspecified atom stereocenters. The molecule has 0 saturated carbocycles. The van der Waals surface area contributed by atoms with Gasteiger partial charge < -0.3 is 19.8 Å². The first-order valence-electron chi connectivity index (χ1n) is 3.72. The lowest BCUT2D eigenvalue weighted by atomic mass is 10.1. The first-order chi connectivity index (χ1) is 7.11. The van der Waals surface area contributed by atoms with E-state index in [1.807, 2.05) is 13.6 Å².